The number of unbranched alkanes of at least 4 members (excludes halogenated alkanes) is 1. The minimum atomic E-state index is -0.269. The molecule has 6 nitrogen and oxygen atoms in total. The Morgan fingerprint density at radius 3 is 2.59 bits per heavy atom. The zero-order valence-electron chi connectivity index (χ0n) is 16.2. The van der Waals surface area contributed by atoms with Crippen LogP contribution in [-0.2, 0) is 19.4 Å². The molecule has 144 valence electrons. The summed E-state index contributed by atoms with van der Waals surface area (Å²) in [6.07, 6.45) is 5.70. The van der Waals surface area contributed by atoms with Gasteiger partial charge in [-0.15, -0.1) is 0 Å². The van der Waals surface area contributed by atoms with E-state index in [1.54, 1.807) is 0 Å². The Morgan fingerprint density at radius 1 is 1.11 bits per heavy atom. The van der Waals surface area contributed by atoms with Crippen molar-refractivity contribution in [3.05, 3.63) is 47.0 Å². The lowest BCUT2D eigenvalue weighted by Crippen LogP contribution is -2.26. The summed E-state index contributed by atoms with van der Waals surface area (Å²) in [5.41, 5.74) is 3.23. The van der Waals surface area contributed by atoms with Crippen LogP contribution in [0.1, 0.15) is 71.9 Å². The Kier molecular flexibility index (Phi) is 6.27. The molecule has 2 heterocycles. The monoisotopic (exact) mass is 368 g/mol. The summed E-state index contributed by atoms with van der Waals surface area (Å²) in [4.78, 5) is 29.8. The number of hydrogen-bond donors (Lipinski definition) is 2. The van der Waals surface area contributed by atoms with Crippen LogP contribution in [0, 0.1) is 0 Å². The van der Waals surface area contributed by atoms with Gasteiger partial charge in [0.15, 0.2) is 5.82 Å². The molecule has 2 amide bonds. The number of carbonyl (C=O) groups excluding carboxylic acids is 2. The van der Waals surface area contributed by atoms with Crippen molar-refractivity contribution in [2.24, 2.45) is 0 Å². The predicted octanol–water partition coefficient (Wildman–Crippen LogP) is 3.56. The van der Waals surface area contributed by atoms with Gasteiger partial charge in [0.2, 0.25) is 0 Å². The van der Waals surface area contributed by atoms with Crippen molar-refractivity contribution < 1.29 is 9.59 Å². The summed E-state index contributed by atoms with van der Waals surface area (Å²) in [5, 5.41) is 5.83. The number of aromatic nitrogens is 2. The normalized spacial score (nSPS) is 13.1. The summed E-state index contributed by atoms with van der Waals surface area (Å²) in [5.74, 6) is -0.125. The third kappa shape index (κ3) is 4.38. The van der Waals surface area contributed by atoms with Crippen molar-refractivity contribution in [2.45, 2.75) is 58.9 Å². The van der Waals surface area contributed by atoms with E-state index in [4.69, 9.17) is 0 Å². The van der Waals surface area contributed by atoms with Gasteiger partial charge in [0.25, 0.3) is 11.8 Å². The molecule has 6 heteroatoms. The first kappa shape index (κ1) is 19.1. The predicted molar refractivity (Wildman–Crippen MR) is 106 cm³/mol. The summed E-state index contributed by atoms with van der Waals surface area (Å²) in [7, 11) is 0. The number of imidazole rings is 1. The first-order valence-corrected chi connectivity index (χ1v) is 9.92. The van der Waals surface area contributed by atoms with E-state index in [-0.39, 0.29) is 11.8 Å². The molecule has 0 atom stereocenters. The molecule has 3 rings (SSSR count). The molecule has 0 saturated carbocycles. The molecule has 2 aromatic rings. The van der Waals surface area contributed by atoms with Crippen LogP contribution in [0.2, 0.25) is 0 Å². The Morgan fingerprint density at radius 2 is 1.89 bits per heavy atom. The number of aryl methyl sites for hydroxylation is 1. The van der Waals surface area contributed by atoms with Crippen LogP contribution in [0.3, 0.4) is 0 Å². The Balaban J connectivity index is 1.81. The number of rotatable bonds is 7. The molecule has 0 unspecified atom stereocenters. The maximum atomic E-state index is 12.8. The number of benzene rings is 1. The van der Waals surface area contributed by atoms with Crippen molar-refractivity contribution in [3.8, 4) is 0 Å². The lowest BCUT2D eigenvalue weighted by Gasteiger charge is -2.17. The second-order valence-corrected chi connectivity index (χ2v) is 6.95. The summed E-state index contributed by atoms with van der Waals surface area (Å²) >= 11 is 0. The molecule has 0 fully saturated rings. The van der Waals surface area contributed by atoms with E-state index in [2.05, 4.69) is 29.5 Å². The largest absolute Gasteiger partial charge is 0.351 e. The van der Waals surface area contributed by atoms with E-state index in [0.717, 1.165) is 56.5 Å². The second-order valence-electron chi connectivity index (χ2n) is 6.95. The molecule has 0 aliphatic carbocycles. The molecule has 0 spiro atoms. The van der Waals surface area contributed by atoms with Gasteiger partial charge < -0.3 is 15.2 Å². The van der Waals surface area contributed by atoms with Gasteiger partial charge in [0, 0.05) is 18.8 Å². The van der Waals surface area contributed by atoms with Gasteiger partial charge in [-0.3, -0.25) is 9.59 Å². The molecule has 0 saturated heterocycles. The quantitative estimate of drug-likeness (QED) is 0.734. The fourth-order valence-corrected chi connectivity index (χ4v) is 3.37. The molecule has 1 aliphatic heterocycles. The number of hydrogen-bond acceptors (Lipinski definition) is 3. The number of nitrogens with zero attached hydrogens (tertiary/aromatic N) is 2. The highest BCUT2D eigenvalue weighted by Gasteiger charge is 2.27. The van der Waals surface area contributed by atoms with Crippen LogP contribution < -0.4 is 10.6 Å². The van der Waals surface area contributed by atoms with Crippen LogP contribution in [0.5, 0.6) is 0 Å². The maximum absolute atomic E-state index is 12.8. The highest BCUT2D eigenvalue weighted by molar-refractivity contribution is 6.03. The second kappa shape index (κ2) is 8.84. The third-order valence-electron chi connectivity index (χ3n) is 4.97. The maximum Gasteiger partial charge on any atom is 0.291 e. The highest BCUT2D eigenvalue weighted by Crippen LogP contribution is 2.22. The van der Waals surface area contributed by atoms with Gasteiger partial charge >= 0.3 is 0 Å². The Hall–Kier alpha value is -2.63. The van der Waals surface area contributed by atoms with Crippen LogP contribution >= 0.6 is 0 Å². The lowest BCUT2D eigenvalue weighted by molar-refractivity contribution is 0.0947. The molecule has 2 N–H and O–H groups in total. The standard InChI is InChI=1S/C21H28N4O2/c1-3-5-13-22-20(26)18-17-8-6-7-14-25(17)19(24-18)21(27)23-16-11-9-15(4-2)10-12-16/h9-12H,3-8,13-14H2,1-2H3,(H,22,26)(H,23,27). The minimum Gasteiger partial charge on any atom is -0.351 e. The van der Waals surface area contributed by atoms with Gasteiger partial charge in [0.05, 0.1) is 5.69 Å². The molecular weight excluding hydrogens is 340 g/mol. The molecule has 1 aromatic heterocycles. The van der Waals surface area contributed by atoms with E-state index in [1.807, 2.05) is 28.8 Å². The number of fused-ring (bicyclic) bond motifs is 1. The average Bonchev–Trinajstić information content (AvgIpc) is 3.09. The molecule has 27 heavy (non-hydrogen) atoms. The Labute approximate surface area is 160 Å². The molecule has 0 radical (unpaired) electrons. The third-order valence-corrected chi connectivity index (χ3v) is 4.97. The zero-order valence-corrected chi connectivity index (χ0v) is 16.2. The van der Waals surface area contributed by atoms with E-state index in [0.29, 0.717) is 18.1 Å². The zero-order chi connectivity index (χ0) is 19.2. The van der Waals surface area contributed by atoms with E-state index in [1.165, 1.54) is 5.56 Å². The van der Waals surface area contributed by atoms with Crippen molar-refractivity contribution >= 4 is 17.5 Å². The molecular formula is C21H28N4O2. The number of carbonyl (C=O) groups is 2. The van der Waals surface area contributed by atoms with Crippen LogP contribution in [0.25, 0.3) is 0 Å². The van der Waals surface area contributed by atoms with Gasteiger partial charge in [-0.05, 0) is 49.8 Å². The van der Waals surface area contributed by atoms with E-state index < -0.39 is 0 Å². The van der Waals surface area contributed by atoms with Gasteiger partial charge in [-0.2, -0.15) is 0 Å². The summed E-state index contributed by atoms with van der Waals surface area (Å²) < 4.78 is 1.91. The average molecular weight is 368 g/mol. The number of amides is 2. The van der Waals surface area contributed by atoms with Crippen molar-refractivity contribution in [2.75, 3.05) is 11.9 Å². The molecule has 1 aromatic carbocycles. The van der Waals surface area contributed by atoms with Crippen molar-refractivity contribution in [1.29, 1.82) is 0 Å². The van der Waals surface area contributed by atoms with Crippen molar-refractivity contribution in [1.82, 2.24) is 14.9 Å². The van der Waals surface area contributed by atoms with Crippen LogP contribution in [0.15, 0.2) is 24.3 Å². The number of nitrogens with one attached hydrogen (secondary N) is 2. The van der Waals surface area contributed by atoms with Crippen molar-refractivity contribution in [3.63, 3.8) is 0 Å². The summed E-state index contributed by atoms with van der Waals surface area (Å²) in [6.45, 7) is 5.53. The number of anilines is 1. The summed E-state index contributed by atoms with van der Waals surface area (Å²) in [6, 6.07) is 7.80. The molecule has 0 bridgehead atoms. The lowest BCUT2D eigenvalue weighted by atomic mass is 10.1. The van der Waals surface area contributed by atoms with E-state index >= 15 is 0 Å². The smallest absolute Gasteiger partial charge is 0.291 e. The van der Waals surface area contributed by atoms with E-state index in [9.17, 15) is 9.59 Å². The molecule has 1 aliphatic rings. The first-order chi connectivity index (χ1) is 13.1. The van der Waals surface area contributed by atoms with Gasteiger partial charge in [-0.25, -0.2) is 4.98 Å². The topological polar surface area (TPSA) is 76.0 Å². The van der Waals surface area contributed by atoms with Gasteiger partial charge in [0.1, 0.15) is 5.69 Å². The van der Waals surface area contributed by atoms with Gasteiger partial charge in [-0.1, -0.05) is 32.4 Å². The SMILES string of the molecule is CCCCNC(=O)c1nc(C(=O)Nc2ccc(CC)cc2)n2c1CCCC2. The Bertz CT molecular complexity index is 808. The fraction of sp³-hybridized carbons (Fsp3) is 0.476. The first-order valence-electron chi connectivity index (χ1n) is 9.92. The fourth-order valence-electron chi connectivity index (χ4n) is 3.37. The minimum absolute atomic E-state index is 0.180. The van der Waals surface area contributed by atoms with Crippen LogP contribution in [-0.4, -0.2) is 27.9 Å². The van der Waals surface area contributed by atoms with Crippen LogP contribution in [0.4, 0.5) is 5.69 Å². The highest BCUT2D eigenvalue weighted by atomic mass is 16.2.